The van der Waals surface area contributed by atoms with Gasteiger partial charge >= 0.3 is 72.8 Å². The van der Waals surface area contributed by atoms with E-state index in [2.05, 4.69) is 26.4 Å². The molecule has 3 N–H and O–H groups in total. The van der Waals surface area contributed by atoms with Gasteiger partial charge < -0.3 is 0 Å². The van der Waals surface area contributed by atoms with Crippen LogP contribution in [0, 0.1) is 5.63 Å². The van der Waals surface area contributed by atoms with Crippen molar-refractivity contribution in [3.8, 4) is 5.63 Å². The first-order chi connectivity index (χ1) is 6.24. The normalized spacial score (nSPS) is 11.4. The van der Waals surface area contributed by atoms with Crippen LogP contribution in [-0.4, -0.2) is 32.5 Å². The quantitative estimate of drug-likeness (QED) is 0.589. The molecule has 1 aromatic heterocycles. The third-order valence-corrected chi connectivity index (χ3v) is 1.50. The average Bonchev–Trinajstić information content (AvgIpc) is 2.56. The maximum absolute atomic E-state index is 10.5. The van der Waals surface area contributed by atoms with Crippen molar-refractivity contribution >= 4 is 19.7 Å². The van der Waals surface area contributed by atoms with Gasteiger partial charge in [-0.15, -0.1) is 0 Å². The number of anilines is 1. The Labute approximate surface area is 73.7 Å². The summed E-state index contributed by atoms with van der Waals surface area (Å²) >= 11 is 0. The number of aromatic amines is 1. The van der Waals surface area contributed by atoms with Crippen molar-refractivity contribution in [2.24, 2.45) is 0 Å². The molecule has 0 saturated carbocycles. The molecule has 1 atom stereocenters. The van der Waals surface area contributed by atoms with Gasteiger partial charge in [-0.05, 0) is 0 Å². The van der Waals surface area contributed by atoms with Crippen molar-refractivity contribution in [3.05, 3.63) is 6.20 Å². The molecule has 0 amide bonds. The van der Waals surface area contributed by atoms with Gasteiger partial charge in [0.25, 0.3) is 0 Å². The van der Waals surface area contributed by atoms with Crippen LogP contribution in [0.1, 0.15) is 0 Å². The number of aromatic nitrogens is 3. The van der Waals surface area contributed by atoms with Gasteiger partial charge in [-0.1, -0.05) is 0 Å². The van der Waals surface area contributed by atoms with Crippen molar-refractivity contribution in [3.63, 3.8) is 0 Å². The Morgan fingerprint density at radius 2 is 2.62 bits per heavy atom. The van der Waals surface area contributed by atoms with E-state index in [-0.39, 0.29) is 5.82 Å². The summed E-state index contributed by atoms with van der Waals surface area (Å²) in [4.78, 5) is 10.5. The number of carbonyl (C=O) groups is 1. The molecule has 1 rings (SSSR count). The first-order valence-corrected chi connectivity index (χ1v) is 3.98. The summed E-state index contributed by atoms with van der Waals surface area (Å²) in [5.41, 5.74) is 2.14. The molecule has 1 aromatic rings. The fourth-order valence-electron chi connectivity index (χ4n) is 0.621. The van der Waals surface area contributed by atoms with Crippen LogP contribution in [0.3, 0.4) is 0 Å². The molecule has 0 radical (unpaired) electrons. The van der Waals surface area contributed by atoms with Gasteiger partial charge in [0.1, 0.15) is 0 Å². The first-order valence-electron chi connectivity index (χ1n) is 3.17. The zero-order chi connectivity index (χ0) is 9.68. The Morgan fingerprint density at radius 3 is 3.08 bits per heavy atom. The van der Waals surface area contributed by atoms with Gasteiger partial charge in [0.05, 0.1) is 0 Å². The second-order valence-corrected chi connectivity index (χ2v) is 2.43. The SMILES string of the molecule is O=P#C[C@H](Nc1cn[nH]n1)C(=O)O. The summed E-state index contributed by atoms with van der Waals surface area (Å²) in [6.45, 7) is 0. The van der Waals surface area contributed by atoms with Crippen LogP contribution in [-0.2, 0) is 9.36 Å². The molecule has 0 saturated heterocycles. The van der Waals surface area contributed by atoms with E-state index in [1.165, 1.54) is 6.20 Å². The van der Waals surface area contributed by atoms with E-state index < -0.39 is 19.9 Å². The molecule has 0 spiro atoms. The zero-order valence-electron chi connectivity index (χ0n) is 6.26. The molecule has 0 unspecified atom stereocenters. The standard InChI is InChI=1S/C5H5N4O3P/c10-5(11)3(2-13-12)7-4-1-6-9-8-4/h1,3H,(H,10,11)(H2,6,7,8,9)/t3-/m0/s1. The number of hydrogen-bond acceptors (Lipinski definition) is 5. The van der Waals surface area contributed by atoms with Gasteiger partial charge in [0.15, 0.2) is 0 Å². The Hall–Kier alpha value is -1.58. The van der Waals surface area contributed by atoms with Crippen molar-refractivity contribution in [2.75, 3.05) is 5.32 Å². The van der Waals surface area contributed by atoms with Crippen LogP contribution in [0.4, 0.5) is 5.82 Å². The van der Waals surface area contributed by atoms with Crippen LogP contribution in [0.25, 0.3) is 0 Å². The van der Waals surface area contributed by atoms with Crippen LogP contribution < -0.4 is 5.32 Å². The predicted molar refractivity (Wildman–Crippen MR) is 42.9 cm³/mol. The van der Waals surface area contributed by atoms with E-state index in [0.29, 0.717) is 0 Å². The summed E-state index contributed by atoms with van der Waals surface area (Å²) in [7, 11) is -0.476. The van der Waals surface area contributed by atoms with Gasteiger partial charge in [0, 0.05) is 0 Å². The number of rotatable bonds is 3. The Bertz CT molecular complexity index is 383. The van der Waals surface area contributed by atoms with Crippen LogP contribution in [0.5, 0.6) is 0 Å². The fourth-order valence-corrected chi connectivity index (χ4v) is 0.901. The summed E-state index contributed by atoms with van der Waals surface area (Å²) in [6, 6.07) is -1.16. The molecule has 0 aromatic carbocycles. The van der Waals surface area contributed by atoms with E-state index in [1.807, 2.05) is 0 Å². The first kappa shape index (κ1) is 9.51. The second-order valence-electron chi connectivity index (χ2n) is 1.99. The molecule has 13 heavy (non-hydrogen) atoms. The van der Waals surface area contributed by atoms with Gasteiger partial charge in [-0.25, -0.2) is 0 Å². The third-order valence-electron chi connectivity index (χ3n) is 1.14. The molecular formula is C5H5N4O3P. The molecular weight excluding hydrogens is 195 g/mol. The number of H-pyrrole nitrogens is 1. The topological polar surface area (TPSA) is 108 Å². The molecule has 0 fully saturated rings. The number of carboxylic acid groups (broad SMARTS) is 1. The number of aliphatic carboxylic acids is 1. The monoisotopic (exact) mass is 200 g/mol. The summed E-state index contributed by atoms with van der Waals surface area (Å²) in [5.74, 6) is -0.935. The van der Waals surface area contributed by atoms with Crippen LogP contribution in [0.2, 0.25) is 0 Å². The van der Waals surface area contributed by atoms with E-state index in [0.717, 1.165) is 0 Å². The fraction of sp³-hybridized carbons (Fsp3) is 0.200. The predicted octanol–water partition coefficient (Wildman–Crippen LogP) is -0.0793. The van der Waals surface area contributed by atoms with Crippen molar-refractivity contribution in [1.82, 2.24) is 15.4 Å². The molecule has 7 nitrogen and oxygen atoms in total. The second kappa shape index (κ2) is 4.45. The van der Waals surface area contributed by atoms with Gasteiger partial charge in [-0.2, -0.15) is 0 Å². The van der Waals surface area contributed by atoms with Crippen molar-refractivity contribution in [2.45, 2.75) is 6.04 Å². The van der Waals surface area contributed by atoms with Crippen molar-refractivity contribution < 1.29 is 14.5 Å². The molecule has 0 aliphatic heterocycles. The number of nitrogens with one attached hydrogen (secondary N) is 2. The molecule has 0 aliphatic carbocycles. The number of hydrogen-bond donors (Lipinski definition) is 3. The Morgan fingerprint density at radius 1 is 1.85 bits per heavy atom. The van der Waals surface area contributed by atoms with Gasteiger partial charge in [0.2, 0.25) is 0 Å². The molecule has 68 valence electrons. The molecule has 0 bridgehead atoms. The third kappa shape index (κ3) is 2.74. The average molecular weight is 200 g/mol. The van der Waals surface area contributed by atoms with Gasteiger partial charge in [-0.3, -0.25) is 0 Å². The Kier molecular flexibility index (Phi) is 3.25. The minimum absolute atomic E-state index is 0.253. The zero-order valence-corrected chi connectivity index (χ0v) is 7.15. The summed E-state index contributed by atoms with van der Waals surface area (Å²) in [6.07, 6.45) is 1.30. The van der Waals surface area contributed by atoms with E-state index in [4.69, 9.17) is 5.11 Å². The van der Waals surface area contributed by atoms with Crippen LogP contribution >= 0.6 is 7.92 Å². The van der Waals surface area contributed by atoms with Crippen LogP contribution in [0.15, 0.2) is 6.20 Å². The molecule has 1 heterocycles. The van der Waals surface area contributed by atoms with E-state index >= 15 is 0 Å². The number of carboxylic acids is 1. The maximum atomic E-state index is 10.5. The van der Waals surface area contributed by atoms with E-state index in [1.54, 1.807) is 0 Å². The minimum atomic E-state index is -1.19. The molecule has 0 aliphatic rings. The van der Waals surface area contributed by atoms with Crippen molar-refractivity contribution in [1.29, 1.82) is 0 Å². The Balaban J connectivity index is 2.72. The summed E-state index contributed by atoms with van der Waals surface area (Å²) < 4.78 is 10.1. The number of nitrogens with zero attached hydrogens (tertiary/aromatic N) is 2. The molecule has 8 heteroatoms. The van der Waals surface area contributed by atoms with E-state index in [9.17, 15) is 9.36 Å². The summed E-state index contributed by atoms with van der Waals surface area (Å²) in [5, 5.41) is 20.3.